The van der Waals surface area contributed by atoms with E-state index in [1.165, 1.54) is 0 Å². The van der Waals surface area contributed by atoms with Gasteiger partial charge in [0.1, 0.15) is 6.10 Å². The topological polar surface area (TPSA) is 127 Å². The fraction of sp³-hybridized carbons (Fsp3) is 0.714. The van der Waals surface area contributed by atoms with Gasteiger partial charge in [0, 0.05) is 12.8 Å². The van der Waals surface area contributed by atoms with Crippen LogP contribution in [0.15, 0.2) is 0 Å². The third kappa shape index (κ3) is 1.75. The van der Waals surface area contributed by atoms with Gasteiger partial charge in [-0.2, -0.15) is 5.48 Å². The molecule has 7 nitrogen and oxygen atoms in total. The number of ketones is 1. The molecule has 0 aliphatic heterocycles. The molecule has 1 aliphatic rings. The maximum absolute atomic E-state index is 11.1. The Morgan fingerprint density at radius 1 is 1.57 bits per heavy atom. The zero-order chi connectivity index (χ0) is 10.9. The van der Waals surface area contributed by atoms with E-state index in [0.717, 1.165) is 0 Å². The molecule has 0 bridgehead atoms. The highest BCUT2D eigenvalue weighted by Crippen LogP contribution is 2.26. The van der Waals surface area contributed by atoms with Gasteiger partial charge in [0.15, 0.2) is 11.4 Å². The Morgan fingerprint density at radius 3 is 2.57 bits per heavy atom. The minimum atomic E-state index is -2.21. The van der Waals surface area contributed by atoms with Crippen LogP contribution in [0.3, 0.4) is 0 Å². The second-order valence-corrected chi connectivity index (χ2v) is 3.36. The predicted octanol–water partition coefficient (Wildman–Crippen LogP) is -2.13. The van der Waals surface area contributed by atoms with Gasteiger partial charge in [0.05, 0.1) is 6.04 Å². The summed E-state index contributed by atoms with van der Waals surface area (Å²) in [6, 6.07) is -1.16. The summed E-state index contributed by atoms with van der Waals surface area (Å²) in [5.74, 6) is -2.36. The fourth-order valence-corrected chi connectivity index (χ4v) is 1.44. The smallest absolute Gasteiger partial charge is 0.336 e. The number of hydrogen-bond donors (Lipinski definition) is 5. The number of Topliss-reactive ketones (excluding diaryl/α,β-unsaturated/α-hetero) is 1. The molecule has 14 heavy (non-hydrogen) atoms. The van der Waals surface area contributed by atoms with Crippen LogP contribution in [-0.2, 0) is 9.59 Å². The molecule has 3 atom stereocenters. The molecule has 0 aromatic rings. The van der Waals surface area contributed by atoms with E-state index in [1.807, 2.05) is 0 Å². The van der Waals surface area contributed by atoms with Crippen molar-refractivity contribution in [1.29, 1.82) is 0 Å². The number of aliphatic hydroxyl groups is 2. The average Bonchev–Trinajstić information content (AvgIpc) is 2.11. The number of nitrogens with one attached hydrogen (secondary N) is 1. The lowest BCUT2D eigenvalue weighted by atomic mass is 9.79. The number of aliphatic carboxylic acids is 1. The van der Waals surface area contributed by atoms with Crippen molar-refractivity contribution in [2.24, 2.45) is 0 Å². The normalized spacial score (nSPS) is 38.4. The lowest BCUT2D eigenvalue weighted by Crippen LogP contribution is -2.58. The summed E-state index contributed by atoms with van der Waals surface area (Å²) in [6.45, 7) is 0. The molecule has 0 heterocycles. The highest BCUT2D eigenvalue weighted by Gasteiger charge is 2.48. The zero-order valence-electron chi connectivity index (χ0n) is 7.17. The Bertz CT molecular complexity index is 267. The summed E-state index contributed by atoms with van der Waals surface area (Å²) < 4.78 is 0. The van der Waals surface area contributed by atoms with Gasteiger partial charge in [-0.05, 0) is 0 Å². The number of carboxylic acids is 1. The molecule has 1 rings (SSSR count). The van der Waals surface area contributed by atoms with Crippen LogP contribution in [0, 0.1) is 0 Å². The first kappa shape index (κ1) is 11.1. The van der Waals surface area contributed by atoms with Gasteiger partial charge in [0.2, 0.25) is 0 Å². The van der Waals surface area contributed by atoms with E-state index in [2.05, 4.69) is 0 Å². The molecule has 1 saturated carbocycles. The average molecular weight is 205 g/mol. The number of carbonyl (C=O) groups excluding carboxylic acids is 1. The Labute approximate surface area is 78.9 Å². The summed E-state index contributed by atoms with van der Waals surface area (Å²) >= 11 is 0. The third-order valence-corrected chi connectivity index (χ3v) is 2.30. The van der Waals surface area contributed by atoms with Crippen molar-refractivity contribution in [2.45, 2.75) is 30.6 Å². The van der Waals surface area contributed by atoms with Crippen LogP contribution in [-0.4, -0.2) is 50.0 Å². The molecule has 1 fully saturated rings. The standard InChI is InChI=1S/C7H11NO6/c9-4-2-7(13,6(11)12)1-3(8-14)5(4)10/h3,5,8,10,13-14H,1-2H2,(H,11,12)/t3?,5-,7+/m1/s1. The fourth-order valence-electron chi connectivity index (χ4n) is 1.44. The molecule has 0 radical (unpaired) electrons. The molecule has 5 N–H and O–H groups in total. The Hall–Kier alpha value is -1.02. The Kier molecular flexibility index (Phi) is 2.86. The number of hydroxylamine groups is 1. The molecule has 0 aromatic heterocycles. The van der Waals surface area contributed by atoms with E-state index in [0.29, 0.717) is 0 Å². The number of aliphatic hydroxyl groups excluding tert-OH is 1. The van der Waals surface area contributed by atoms with Crippen LogP contribution in [0.25, 0.3) is 0 Å². The molecule has 0 aromatic carbocycles. The van der Waals surface area contributed by atoms with E-state index < -0.39 is 42.3 Å². The van der Waals surface area contributed by atoms with E-state index >= 15 is 0 Å². The summed E-state index contributed by atoms with van der Waals surface area (Å²) in [5, 5.41) is 35.8. The van der Waals surface area contributed by atoms with Gasteiger partial charge >= 0.3 is 5.97 Å². The van der Waals surface area contributed by atoms with Crippen molar-refractivity contribution in [3.05, 3.63) is 0 Å². The molecule has 1 unspecified atom stereocenters. The lowest BCUT2D eigenvalue weighted by Gasteiger charge is -2.34. The molecule has 80 valence electrons. The Morgan fingerprint density at radius 2 is 2.14 bits per heavy atom. The van der Waals surface area contributed by atoms with Gasteiger partial charge in [-0.25, -0.2) is 4.79 Å². The van der Waals surface area contributed by atoms with Gasteiger partial charge < -0.3 is 20.5 Å². The summed E-state index contributed by atoms with van der Waals surface area (Å²) in [6.07, 6.45) is -2.56. The van der Waals surface area contributed by atoms with Gasteiger partial charge in [0.25, 0.3) is 0 Å². The maximum atomic E-state index is 11.1. The van der Waals surface area contributed by atoms with Crippen LogP contribution in [0.2, 0.25) is 0 Å². The number of hydrogen-bond acceptors (Lipinski definition) is 6. The monoisotopic (exact) mass is 205 g/mol. The van der Waals surface area contributed by atoms with Crippen molar-refractivity contribution >= 4 is 11.8 Å². The predicted molar refractivity (Wildman–Crippen MR) is 41.5 cm³/mol. The summed E-state index contributed by atoms with van der Waals surface area (Å²) in [5.41, 5.74) is -0.612. The van der Waals surface area contributed by atoms with Crippen LogP contribution in [0.1, 0.15) is 12.8 Å². The van der Waals surface area contributed by atoms with E-state index in [9.17, 15) is 19.8 Å². The molecule has 1 aliphatic carbocycles. The molecule has 0 amide bonds. The molecule has 0 saturated heterocycles. The first-order valence-electron chi connectivity index (χ1n) is 3.97. The largest absolute Gasteiger partial charge is 0.479 e. The van der Waals surface area contributed by atoms with Crippen molar-refractivity contribution in [2.75, 3.05) is 0 Å². The summed E-state index contributed by atoms with van der Waals surface area (Å²) in [4.78, 5) is 21.7. The van der Waals surface area contributed by atoms with Crippen molar-refractivity contribution in [3.8, 4) is 0 Å². The second kappa shape index (κ2) is 3.62. The number of carbonyl (C=O) groups is 2. The quantitative estimate of drug-likeness (QED) is 0.326. The highest BCUT2D eigenvalue weighted by molar-refractivity contribution is 5.92. The first-order valence-corrected chi connectivity index (χ1v) is 3.97. The summed E-state index contributed by atoms with van der Waals surface area (Å²) in [7, 11) is 0. The van der Waals surface area contributed by atoms with Crippen LogP contribution >= 0.6 is 0 Å². The van der Waals surface area contributed by atoms with Gasteiger partial charge in [-0.1, -0.05) is 0 Å². The van der Waals surface area contributed by atoms with Crippen LogP contribution < -0.4 is 5.48 Å². The molecular formula is C7H11NO6. The van der Waals surface area contributed by atoms with Crippen molar-refractivity contribution in [3.63, 3.8) is 0 Å². The highest BCUT2D eigenvalue weighted by atomic mass is 16.5. The minimum Gasteiger partial charge on any atom is -0.479 e. The number of rotatable bonds is 2. The van der Waals surface area contributed by atoms with Gasteiger partial charge in [-0.15, -0.1) is 0 Å². The van der Waals surface area contributed by atoms with Gasteiger partial charge in [-0.3, -0.25) is 4.79 Å². The molecule has 0 spiro atoms. The molecular weight excluding hydrogens is 194 g/mol. The SMILES string of the molecule is O=C1C[C@](O)(C(=O)O)CC(NO)[C@H]1O. The van der Waals surface area contributed by atoms with Crippen molar-refractivity contribution < 1.29 is 30.1 Å². The minimum absolute atomic E-state index is 0.425. The lowest BCUT2D eigenvalue weighted by molar-refractivity contribution is -0.172. The van der Waals surface area contributed by atoms with E-state index in [1.54, 1.807) is 5.48 Å². The number of carboxylic acid groups (broad SMARTS) is 1. The third-order valence-electron chi connectivity index (χ3n) is 2.30. The Balaban J connectivity index is 2.87. The van der Waals surface area contributed by atoms with Crippen LogP contribution in [0.4, 0.5) is 0 Å². The van der Waals surface area contributed by atoms with Crippen LogP contribution in [0.5, 0.6) is 0 Å². The molecule has 7 heteroatoms. The zero-order valence-corrected chi connectivity index (χ0v) is 7.17. The first-order chi connectivity index (χ1) is 6.40. The van der Waals surface area contributed by atoms with E-state index in [-0.39, 0.29) is 0 Å². The van der Waals surface area contributed by atoms with E-state index in [4.69, 9.17) is 10.3 Å². The second-order valence-electron chi connectivity index (χ2n) is 3.36. The maximum Gasteiger partial charge on any atom is 0.336 e. The van der Waals surface area contributed by atoms with Crippen molar-refractivity contribution in [1.82, 2.24) is 5.48 Å².